The van der Waals surface area contributed by atoms with Crippen LogP contribution in [0.1, 0.15) is 18.5 Å². The van der Waals surface area contributed by atoms with Gasteiger partial charge in [0.2, 0.25) is 0 Å². The second kappa shape index (κ2) is 3.40. The fourth-order valence-corrected chi connectivity index (χ4v) is 3.22. The molecule has 0 saturated carbocycles. The molecule has 0 amide bonds. The highest BCUT2D eigenvalue weighted by atomic mass is 79.9. The largest absolute Gasteiger partial charge is 0.324 e. The zero-order chi connectivity index (χ0) is 9.42. The van der Waals surface area contributed by atoms with Gasteiger partial charge in [0.15, 0.2) is 0 Å². The summed E-state index contributed by atoms with van der Waals surface area (Å²) in [6, 6.07) is 6.33. The third-order valence-electron chi connectivity index (χ3n) is 2.07. The molecule has 0 bridgehead atoms. The first kappa shape index (κ1) is 9.19. The molecule has 0 spiro atoms. The van der Waals surface area contributed by atoms with Gasteiger partial charge < -0.3 is 5.73 Å². The fourth-order valence-electron chi connectivity index (χ4n) is 1.40. The summed E-state index contributed by atoms with van der Waals surface area (Å²) in [6.45, 7) is 2.01. The Kier molecular flexibility index (Phi) is 2.41. The lowest BCUT2D eigenvalue weighted by Crippen LogP contribution is -2.03. The van der Waals surface area contributed by atoms with E-state index in [-0.39, 0.29) is 6.04 Å². The number of thiophene rings is 1. The number of hydrogen-bond donors (Lipinski definition) is 1. The maximum atomic E-state index is 5.88. The molecule has 0 aliphatic heterocycles. The lowest BCUT2D eigenvalue weighted by molar-refractivity contribution is 0.830. The average molecular weight is 256 g/mol. The van der Waals surface area contributed by atoms with Gasteiger partial charge in [-0.1, -0.05) is 22.0 Å². The molecule has 0 aliphatic carbocycles. The van der Waals surface area contributed by atoms with E-state index in [9.17, 15) is 0 Å². The molecule has 1 aromatic carbocycles. The summed E-state index contributed by atoms with van der Waals surface area (Å²) in [4.78, 5) is 0. The van der Waals surface area contributed by atoms with Gasteiger partial charge >= 0.3 is 0 Å². The van der Waals surface area contributed by atoms with Crippen LogP contribution < -0.4 is 5.73 Å². The summed E-state index contributed by atoms with van der Waals surface area (Å²) < 4.78 is 2.43. The van der Waals surface area contributed by atoms with E-state index in [1.54, 1.807) is 11.3 Å². The molecule has 0 saturated heterocycles. The molecule has 2 N–H and O–H groups in total. The Morgan fingerprint density at radius 2 is 2.23 bits per heavy atom. The first-order valence-electron chi connectivity index (χ1n) is 4.11. The number of rotatable bonds is 1. The normalized spacial score (nSPS) is 13.5. The van der Waals surface area contributed by atoms with E-state index in [1.165, 1.54) is 15.6 Å². The molecule has 68 valence electrons. The summed E-state index contributed by atoms with van der Waals surface area (Å²) in [5, 5.41) is 3.41. The second-order valence-corrected chi connectivity index (χ2v) is 4.86. The van der Waals surface area contributed by atoms with Crippen LogP contribution in [0.4, 0.5) is 0 Å². The van der Waals surface area contributed by atoms with Crippen LogP contribution >= 0.6 is 27.3 Å². The number of hydrogen-bond acceptors (Lipinski definition) is 2. The summed E-state index contributed by atoms with van der Waals surface area (Å²) in [7, 11) is 0. The zero-order valence-electron chi connectivity index (χ0n) is 7.25. The predicted octanol–water partition coefficient (Wildman–Crippen LogP) is 3.68. The van der Waals surface area contributed by atoms with Crippen molar-refractivity contribution in [1.29, 1.82) is 0 Å². The summed E-state index contributed by atoms with van der Waals surface area (Å²) >= 11 is 5.29. The molecule has 1 nitrogen and oxygen atoms in total. The third-order valence-corrected chi connectivity index (χ3v) is 3.69. The Morgan fingerprint density at radius 1 is 1.46 bits per heavy atom. The van der Waals surface area contributed by atoms with Crippen LogP contribution in [0.15, 0.2) is 28.1 Å². The second-order valence-electron chi connectivity index (χ2n) is 3.09. The van der Waals surface area contributed by atoms with Crippen molar-refractivity contribution in [2.45, 2.75) is 13.0 Å². The highest BCUT2D eigenvalue weighted by molar-refractivity contribution is 9.10. The molecule has 1 aromatic heterocycles. The van der Waals surface area contributed by atoms with E-state index in [4.69, 9.17) is 5.73 Å². The number of fused-ring (bicyclic) bond motifs is 1. The van der Waals surface area contributed by atoms with Crippen molar-refractivity contribution in [3.05, 3.63) is 33.6 Å². The Morgan fingerprint density at radius 3 is 2.92 bits per heavy atom. The molecule has 1 heterocycles. The molecule has 3 heteroatoms. The first-order chi connectivity index (χ1) is 6.20. The standard InChI is InChI=1S/C10H10BrNS/c1-6(12)7-5-13-9-4-2-3-8(11)10(7)9/h2-6H,12H2,1H3. The van der Waals surface area contributed by atoms with Crippen LogP contribution in [0.2, 0.25) is 0 Å². The molecule has 0 radical (unpaired) electrons. The van der Waals surface area contributed by atoms with Crippen molar-refractivity contribution in [3.8, 4) is 0 Å². The smallest absolute Gasteiger partial charge is 0.0357 e. The monoisotopic (exact) mass is 255 g/mol. The van der Waals surface area contributed by atoms with Crippen LogP contribution in [-0.2, 0) is 0 Å². The van der Waals surface area contributed by atoms with Gasteiger partial charge in [0.1, 0.15) is 0 Å². The van der Waals surface area contributed by atoms with Crippen molar-refractivity contribution in [3.63, 3.8) is 0 Å². The summed E-state index contributed by atoms with van der Waals surface area (Å²) in [5.41, 5.74) is 7.11. The van der Waals surface area contributed by atoms with Crippen molar-refractivity contribution in [2.75, 3.05) is 0 Å². The maximum absolute atomic E-state index is 5.88. The fraction of sp³-hybridized carbons (Fsp3) is 0.200. The molecule has 13 heavy (non-hydrogen) atoms. The minimum absolute atomic E-state index is 0.104. The lowest BCUT2D eigenvalue weighted by atomic mass is 10.1. The van der Waals surface area contributed by atoms with Crippen molar-refractivity contribution in [1.82, 2.24) is 0 Å². The van der Waals surface area contributed by atoms with Gasteiger partial charge in [0.25, 0.3) is 0 Å². The van der Waals surface area contributed by atoms with Gasteiger partial charge in [-0.3, -0.25) is 0 Å². The molecule has 0 aliphatic rings. The van der Waals surface area contributed by atoms with E-state index in [2.05, 4.69) is 33.4 Å². The van der Waals surface area contributed by atoms with Gasteiger partial charge in [-0.2, -0.15) is 0 Å². The van der Waals surface area contributed by atoms with Crippen LogP contribution in [0.3, 0.4) is 0 Å². The number of benzene rings is 1. The van der Waals surface area contributed by atoms with E-state index in [0.717, 1.165) is 4.47 Å². The SMILES string of the molecule is CC(N)c1csc2cccc(Br)c12. The Hall–Kier alpha value is -0.380. The van der Waals surface area contributed by atoms with Gasteiger partial charge in [-0.05, 0) is 30.0 Å². The molecule has 2 aromatic rings. The van der Waals surface area contributed by atoms with E-state index in [0.29, 0.717) is 0 Å². The van der Waals surface area contributed by atoms with Gasteiger partial charge in [-0.15, -0.1) is 11.3 Å². The molecular formula is C10H10BrNS. The van der Waals surface area contributed by atoms with Crippen LogP contribution in [0, 0.1) is 0 Å². The minimum Gasteiger partial charge on any atom is -0.324 e. The number of nitrogens with two attached hydrogens (primary N) is 1. The highest BCUT2D eigenvalue weighted by Gasteiger charge is 2.09. The lowest BCUT2D eigenvalue weighted by Gasteiger charge is -2.03. The number of halogens is 1. The van der Waals surface area contributed by atoms with Crippen LogP contribution in [0.25, 0.3) is 10.1 Å². The Labute approximate surface area is 89.7 Å². The first-order valence-corrected chi connectivity index (χ1v) is 5.78. The molecule has 0 fully saturated rings. The van der Waals surface area contributed by atoms with Gasteiger partial charge in [0.05, 0.1) is 0 Å². The van der Waals surface area contributed by atoms with Crippen molar-refractivity contribution in [2.24, 2.45) is 5.73 Å². The maximum Gasteiger partial charge on any atom is 0.0357 e. The molecule has 2 rings (SSSR count). The van der Waals surface area contributed by atoms with E-state index < -0.39 is 0 Å². The minimum atomic E-state index is 0.104. The van der Waals surface area contributed by atoms with E-state index >= 15 is 0 Å². The van der Waals surface area contributed by atoms with E-state index in [1.807, 2.05) is 13.0 Å². The quantitative estimate of drug-likeness (QED) is 0.827. The zero-order valence-corrected chi connectivity index (χ0v) is 9.65. The van der Waals surface area contributed by atoms with Crippen molar-refractivity contribution >= 4 is 37.4 Å². The molecular weight excluding hydrogens is 246 g/mol. The Bertz CT molecular complexity index is 433. The predicted molar refractivity (Wildman–Crippen MR) is 62.1 cm³/mol. The van der Waals surface area contributed by atoms with Gasteiger partial charge in [-0.25, -0.2) is 0 Å². The molecule has 1 unspecified atom stereocenters. The van der Waals surface area contributed by atoms with Crippen LogP contribution in [-0.4, -0.2) is 0 Å². The average Bonchev–Trinajstić information content (AvgIpc) is 2.49. The van der Waals surface area contributed by atoms with Crippen LogP contribution in [0.5, 0.6) is 0 Å². The Balaban J connectivity index is 2.79. The highest BCUT2D eigenvalue weighted by Crippen LogP contribution is 2.34. The summed E-state index contributed by atoms with van der Waals surface area (Å²) in [5.74, 6) is 0. The summed E-state index contributed by atoms with van der Waals surface area (Å²) in [6.07, 6.45) is 0. The molecule has 1 atom stereocenters. The van der Waals surface area contributed by atoms with Gasteiger partial charge in [0, 0.05) is 20.6 Å². The third kappa shape index (κ3) is 1.52. The topological polar surface area (TPSA) is 26.0 Å². The van der Waals surface area contributed by atoms with Crippen molar-refractivity contribution < 1.29 is 0 Å².